The number of benzene rings is 2. The molecule has 0 aliphatic heterocycles. The van der Waals surface area contributed by atoms with Gasteiger partial charge in [-0.3, -0.25) is 9.59 Å². The summed E-state index contributed by atoms with van der Waals surface area (Å²) in [5, 5.41) is 0. The minimum Gasteiger partial charge on any atom is -0.490 e. The quantitative estimate of drug-likeness (QED) is 0.128. The van der Waals surface area contributed by atoms with Crippen LogP contribution in [0.5, 0.6) is 23.0 Å². The second kappa shape index (κ2) is 16.9. The smallest absolute Gasteiger partial charge is 0.233 e. The first-order chi connectivity index (χ1) is 19.0. The minimum atomic E-state index is -0.607. The average Bonchev–Trinajstić information content (AvgIpc) is 2.88. The summed E-state index contributed by atoms with van der Waals surface area (Å²) < 4.78 is 23.9. The Bertz CT molecular complexity index is 985. The Morgan fingerprint density at radius 3 is 1.02 bits per heavy atom. The van der Waals surface area contributed by atoms with E-state index in [0.29, 0.717) is 73.1 Å². The summed E-state index contributed by atoms with van der Waals surface area (Å²) in [6.07, 6.45) is 3.55. The van der Waals surface area contributed by atoms with Gasteiger partial charge in [0.25, 0.3) is 0 Å². The highest BCUT2D eigenvalue weighted by Gasteiger charge is 2.22. The van der Waals surface area contributed by atoms with Gasteiger partial charge in [0.05, 0.1) is 26.4 Å². The molecule has 0 saturated carbocycles. The number of rotatable bonds is 19. The van der Waals surface area contributed by atoms with Crippen molar-refractivity contribution in [1.82, 2.24) is 0 Å². The molecule has 6 heteroatoms. The van der Waals surface area contributed by atoms with Crippen LogP contribution in [0.3, 0.4) is 0 Å². The fourth-order valence-corrected chi connectivity index (χ4v) is 3.64. The molecule has 0 spiro atoms. The van der Waals surface area contributed by atoms with E-state index < -0.39 is 11.6 Å². The van der Waals surface area contributed by atoms with E-state index >= 15 is 0 Å². The number of hydrogen-bond donors (Lipinski definition) is 0. The Balaban J connectivity index is 2.27. The first-order valence-corrected chi connectivity index (χ1v) is 14.9. The Hall–Kier alpha value is -3.02. The Morgan fingerprint density at radius 2 is 0.750 bits per heavy atom. The summed E-state index contributed by atoms with van der Waals surface area (Å²) in [5.41, 5.74) is 0.528. The van der Waals surface area contributed by atoms with Crippen LogP contribution in [0.2, 0.25) is 0 Å². The van der Waals surface area contributed by atoms with Crippen molar-refractivity contribution in [1.29, 1.82) is 0 Å². The van der Waals surface area contributed by atoms with E-state index in [0.717, 1.165) is 25.7 Å². The maximum atomic E-state index is 13.3. The molecule has 0 amide bonds. The molecule has 6 nitrogen and oxygen atoms in total. The minimum absolute atomic E-state index is 0.264. The second-order valence-corrected chi connectivity index (χ2v) is 12.1. The van der Waals surface area contributed by atoms with E-state index in [9.17, 15) is 9.59 Å². The summed E-state index contributed by atoms with van der Waals surface area (Å²) in [7, 11) is 0. The molecule has 0 heterocycles. The predicted molar refractivity (Wildman–Crippen MR) is 161 cm³/mol. The normalized spacial score (nSPS) is 11.4. The van der Waals surface area contributed by atoms with Gasteiger partial charge in [-0.2, -0.15) is 0 Å². The lowest BCUT2D eigenvalue weighted by Gasteiger charge is -2.16. The number of ether oxygens (including phenoxy) is 4. The number of ketones is 2. The first kappa shape index (κ1) is 33.2. The van der Waals surface area contributed by atoms with Gasteiger partial charge in [-0.25, -0.2) is 0 Å². The first-order valence-electron chi connectivity index (χ1n) is 14.9. The average molecular weight is 555 g/mol. The maximum Gasteiger partial charge on any atom is 0.233 e. The molecule has 0 saturated heterocycles. The van der Waals surface area contributed by atoms with Crippen LogP contribution in [-0.2, 0) is 0 Å². The van der Waals surface area contributed by atoms with E-state index in [4.69, 9.17) is 18.9 Å². The molecule has 0 atom stereocenters. The molecule has 0 fully saturated rings. The summed E-state index contributed by atoms with van der Waals surface area (Å²) in [4.78, 5) is 26.6. The highest BCUT2D eigenvalue weighted by Crippen LogP contribution is 2.32. The fraction of sp³-hybridized carbons (Fsp3) is 0.588. The standard InChI is InChI=1S/C34H50O6/c1-23(2)13-17-37-29-11-9-27(21-31(29)39-19-15-25(5)6)33(35)34(36)28-10-12-30(38-18-14-24(3)4)32(22-28)40-20-16-26(7)8/h9-12,21-26H,13-20H2,1-8H3. The lowest BCUT2D eigenvalue weighted by molar-refractivity contribution is 0.0816. The van der Waals surface area contributed by atoms with E-state index in [-0.39, 0.29) is 11.1 Å². The molecule has 0 aliphatic carbocycles. The van der Waals surface area contributed by atoms with Crippen LogP contribution in [0.15, 0.2) is 36.4 Å². The Labute approximate surface area is 241 Å². The summed E-state index contributed by atoms with van der Waals surface area (Å²) >= 11 is 0. The van der Waals surface area contributed by atoms with Crippen LogP contribution in [-0.4, -0.2) is 38.0 Å². The van der Waals surface area contributed by atoms with Gasteiger partial charge in [0.15, 0.2) is 23.0 Å². The molecular weight excluding hydrogens is 504 g/mol. The third-order valence-corrected chi connectivity index (χ3v) is 6.43. The maximum absolute atomic E-state index is 13.3. The van der Waals surface area contributed by atoms with Gasteiger partial charge in [-0.15, -0.1) is 0 Å². The SMILES string of the molecule is CC(C)CCOc1ccc(C(=O)C(=O)c2ccc(OCCC(C)C)c(OCCC(C)C)c2)cc1OCCC(C)C. The van der Waals surface area contributed by atoms with Crippen LogP contribution in [0.1, 0.15) is 102 Å². The Morgan fingerprint density at radius 1 is 0.475 bits per heavy atom. The zero-order chi connectivity index (χ0) is 29.7. The molecule has 0 bridgehead atoms. The molecule has 0 unspecified atom stereocenters. The molecule has 0 N–H and O–H groups in total. The lowest BCUT2D eigenvalue weighted by Crippen LogP contribution is -2.16. The number of carbonyl (C=O) groups is 2. The fourth-order valence-electron chi connectivity index (χ4n) is 3.64. The number of carbonyl (C=O) groups excluding carboxylic acids is 2. The zero-order valence-electron chi connectivity index (χ0n) is 25.9. The van der Waals surface area contributed by atoms with Crippen LogP contribution in [0.25, 0.3) is 0 Å². The number of hydrogen-bond acceptors (Lipinski definition) is 6. The second-order valence-electron chi connectivity index (χ2n) is 12.1. The predicted octanol–water partition coefficient (Wildman–Crippen LogP) is 8.45. The summed E-state index contributed by atoms with van der Waals surface area (Å²) in [6.45, 7) is 19.2. The van der Waals surface area contributed by atoms with Crippen molar-refractivity contribution < 1.29 is 28.5 Å². The molecule has 0 radical (unpaired) electrons. The summed E-state index contributed by atoms with van der Waals surface area (Å²) in [5.74, 6) is 2.88. The largest absolute Gasteiger partial charge is 0.490 e. The van der Waals surface area contributed by atoms with Gasteiger partial charge >= 0.3 is 0 Å². The molecule has 0 aliphatic rings. The van der Waals surface area contributed by atoms with Gasteiger partial charge in [-0.1, -0.05) is 55.4 Å². The van der Waals surface area contributed by atoms with Crippen molar-refractivity contribution in [2.75, 3.05) is 26.4 Å². The van der Waals surface area contributed by atoms with Crippen LogP contribution in [0, 0.1) is 23.7 Å². The van der Waals surface area contributed by atoms with E-state index in [1.54, 1.807) is 36.4 Å². The molecule has 40 heavy (non-hydrogen) atoms. The van der Waals surface area contributed by atoms with Gasteiger partial charge < -0.3 is 18.9 Å². The van der Waals surface area contributed by atoms with Crippen molar-refractivity contribution in [2.24, 2.45) is 23.7 Å². The summed E-state index contributed by atoms with van der Waals surface area (Å²) in [6, 6.07) is 9.94. The third kappa shape index (κ3) is 11.6. The molecule has 2 aromatic rings. The molecule has 222 valence electrons. The molecular formula is C34H50O6. The third-order valence-electron chi connectivity index (χ3n) is 6.43. The van der Waals surface area contributed by atoms with Gasteiger partial charge in [-0.05, 0) is 85.8 Å². The van der Waals surface area contributed by atoms with Crippen molar-refractivity contribution in [3.05, 3.63) is 47.5 Å². The Kier molecular flexibility index (Phi) is 14.1. The monoisotopic (exact) mass is 554 g/mol. The number of Topliss-reactive ketones (excluding diaryl/α,β-unsaturated/α-hetero) is 2. The van der Waals surface area contributed by atoms with Crippen molar-refractivity contribution in [3.63, 3.8) is 0 Å². The van der Waals surface area contributed by atoms with E-state index in [1.165, 1.54) is 0 Å². The molecule has 2 aromatic carbocycles. The molecule has 2 rings (SSSR count). The molecule has 0 aromatic heterocycles. The van der Waals surface area contributed by atoms with Crippen molar-refractivity contribution in [3.8, 4) is 23.0 Å². The van der Waals surface area contributed by atoms with E-state index in [1.807, 2.05) is 0 Å². The van der Waals surface area contributed by atoms with Crippen LogP contribution < -0.4 is 18.9 Å². The topological polar surface area (TPSA) is 71.1 Å². The lowest BCUT2D eigenvalue weighted by atomic mass is 10.0. The van der Waals surface area contributed by atoms with Gasteiger partial charge in [0.1, 0.15) is 0 Å². The van der Waals surface area contributed by atoms with Gasteiger partial charge in [0.2, 0.25) is 11.6 Å². The van der Waals surface area contributed by atoms with Crippen molar-refractivity contribution >= 4 is 11.6 Å². The van der Waals surface area contributed by atoms with Crippen molar-refractivity contribution in [2.45, 2.75) is 81.1 Å². The highest BCUT2D eigenvalue weighted by atomic mass is 16.5. The van der Waals surface area contributed by atoms with Crippen LogP contribution >= 0.6 is 0 Å². The van der Waals surface area contributed by atoms with Gasteiger partial charge in [0, 0.05) is 11.1 Å². The van der Waals surface area contributed by atoms with Crippen LogP contribution in [0.4, 0.5) is 0 Å². The van der Waals surface area contributed by atoms with E-state index in [2.05, 4.69) is 55.4 Å². The highest BCUT2D eigenvalue weighted by molar-refractivity contribution is 6.49. The zero-order valence-corrected chi connectivity index (χ0v) is 25.9.